The number of methoxy groups -OCH3 is 5. The fourth-order valence-corrected chi connectivity index (χ4v) is 6.20. The molecule has 256 valence electrons. The number of carbonyl (C=O) groups excluding carboxylic acids is 1. The Labute approximate surface area is 291 Å². The summed E-state index contributed by atoms with van der Waals surface area (Å²) in [6.45, 7) is 1.12. The number of thiazole rings is 1. The molecule has 0 unspecified atom stereocenters. The number of hydrogen-bond donors (Lipinski definition) is 0. The van der Waals surface area contributed by atoms with Crippen LogP contribution in [0, 0.1) is 0 Å². The van der Waals surface area contributed by atoms with E-state index in [2.05, 4.69) is 6.07 Å². The predicted octanol–water partition coefficient (Wildman–Crippen LogP) is 8.92. The van der Waals surface area contributed by atoms with Crippen molar-refractivity contribution in [1.29, 1.82) is 0 Å². The van der Waals surface area contributed by atoms with Crippen LogP contribution in [0.5, 0.6) is 40.2 Å². The van der Waals surface area contributed by atoms with E-state index in [4.69, 9.17) is 38.1 Å². The predicted molar refractivity (Wildman–Crippen MR) is 194 cm³/mol. The molecule has 0 saturated heterocycles. The zero-order valence-corrected chi connectivity index (χ0v) is 29.3. The van der Waals surface area contributed by atoms with Gasteiger partial charge in [-0.15, -0.1) is 11.3 Å². The Morgan fingerprint density at radius 3 is 1.88 bits per heavy atom. The van der Waals surface area contributed by atoms with Gasteiger partial charge in [-0.05, 0) is 91.9 Å². The maximum absolute atomic E-state index is 13.0. The van der Waals surface area contributed by atoms with Crippen LogP contribution in [0.25, 0.3) is 26.9 Å². The lowest BCUT2D eigenvalue weighted by molar-refractivity contribution is 0.104. The molecule has 10 heteroatoms. The molecule has 0 atom stereocenters. The molecule has 0 fully saturated rings. The van der Waals surface area contributed by atoms with Crippen LogP contribution >= 0.6 is 11.3 Å². The van der Waals surface area contributed by atoms with E-state index in [0.717, 1.165) is 52.0 Å². The van der Waals surface area contributed by atoms with Crippen molar-refractivity contribution in [2.24, 2.45) is 0 Å². The molecule has 0 saturated carbocycles. The van der Waals surface area contributed by atoms with Crippen LogP contribution in [0.4, 0.5) is 0 Å². The van der Waals surface area contributed by atoms with E-state index in [-0.39, 0.29) is 5.78 Å². The molecule has 0 bridgehead atoms. The van der Waals surface area contributed by atoms with E-state index < -0.39 is 0 Å². The molecule has 9 nitrogen and oxygen atoms in total. The molecule has 0 aliphatic rings. The number of hydrogen-bond acceptors (Lipinski definition) is 10. The number of ketones is 1. The topological polar surface area (TPSA) is 94.6 Å². The molecule has 0 radical (unpaired) electrons. The summed E-state index contributed by atoms with van der Waals surface area (Å²) in [6, 6.07) is 22.9. The van der Waals surface area contributed by atoms with E-state index in [1.165, 1.54) is 27.4 Å². The van der Waals surface area contributed by atoms with Gasteiger partial charge in [0.05, 0.1) is 59.0 Å². The second kappa shape index (κ2) is 17.3. The Hall–Kier alpha value is -5.22. The van der Waals surface area contributed by atoms with Gasteiger partial charge in [-0.3, -0.25) is 4.79 Å². The van der Waals surface area contributed by atoms with Crippen molar-refractivity contribution in [3.05, 3.63) is 90.0 Å². The second-order valence-electron chi connectivity index (χ2n) is 11.0. The van der Waals surface area contributed by atoms with Gasteiger partial charge in [0.2, 0.25) is 5.75 Å². The number of carbonyl (C=O) groups is 1. The quantitative estimate of drug-likeness (QED) is 0.0510. The third-order valence-corrected chi connectivity index (χ3v) is 8.91. The first kappa shape index (κ1) is 35.1. The number of fused-ring (bicyclic) bond motifs is 1. The van der Waals surface area contributed by atoms with Crippen molar-refractivity contribution < 1.29 is 38.0 Å². The fraction of sp³-hybridized carbons (Fsp3) is 0.282. The van der Waals surface area contributed by atoms with E-state index in [1.807, 2.05) is 54.6 Å². The third kappa shape index (κ3) is 8.83. The fourth-order valence-electron chi connectivity index (χ4n) is 5.24. The first-order valence-corrected chi connectivity index (χ1v) is 16.8. The number of nitrogens with zero attached hydrogens (tertiary/aromatic N) is 1. The minimum Gasteiger partial charge on any atom is -0.493 e. The van der Waals surface area contributed by atoms with Crippen molar-refractivity contribution in [2.75, 3.05) is 48.8 Å². The van der Waals surface area contributed by atoms with Crippen molar-refractivity contribution in [3.63, 3.8) is 0 Å². The van der Waals surface area contributed by atoms with E-state index in [0.29, 0.717) is 59.0 Å². The van der Waals surface area contributed by atoms with Crippen LogP contribution in [-0.4, -0.2) is 59.5 Å². The van der Waals surface area contributed by atoms with Crippen molar-refractivity contribution in [2.45, 2.75) is 25.7 Å². The molecule has 0 N–H and O–H groups in total. The summed E-state index contributed by atoms with van der Waals surface area (Å²) in [6.07, 6.45) is 6.99. The lowest BCUT2D eigenvalue weighted by atomic mass is 10.1. The van der Waals surface area contributed by atoms with Crippen LogP contribution in [0.15, 0.2) is 78.9 Å². The number of allylic oxidation sites excluding steroid dienone is 1. The molecule has 5 rings (SSSR count). The van der Waals surface area contributed by atoms with Gasteiger partial charge >= 0.3 is 0 Å². The minimum absolute atomic E-state index is 0.208. The van der Waals surface area contributed by atoms with Gasteiger partial charge < -0.3 is 33.2 Å². The Balaban J connectivity index is 1.09. The average Bonchev–Trinajstić information content (AvgIpc) is 3.58. The number of ether oxygens (including phenoxy) is 7. The van der Waals surface area contributed by atoms with E-state index >= 15 is 0 Å². The van der Waals surface area contributed by atoms with Crippen molar-refractivity contribution >= 4 is 33.4 Å². The SMILES string of the molecule is COc1ccc(C=CC(=O)c2cc(OC)c(OC)c(OC)c2)cc1OCCCCCCOc1cc(-c2nc3ccccc3s2)ccc1OC. The third-order valence-electron chi connectivity index (χ3n) is 7.82. The summed E-state index contributed by atoms with van der Waals surface area (Å²) in [4.78, 5) is 17.8. The zero-order valence-electron chi connectivity index (χ0n) is 28.4. The monoisotopic (exact) mass is 683 g/mol. The average molecular weight is 684 g/mol. The second-order valence-corrected chi connectivity index (χ2v) is 12.0. The van der Waals surface area contributed by atoms with Crippen LogP contribution in [0.3, 0.4) is 0 Å². The molecule has 0 spiro atoms. The van der Waals surface area contributed by atoms with Crippen LogP contribution in [0.2, 0.25) is 0 Å². The number of para-hydroxylation sites is 1. The van der Waals surface area contributed by atoms with Crippen LogP contribution < -0.4 is 33.2 Å². The Morgan fingerprint density at radius 2 is 1.27 bits per heavy atom. The zero-order chi connectivity index (χ0) is 34.6. The molecule has 0 aliphatic carbocycles. The van der Waals surface area contributed by atoms with Gasteiger partial charge in [0.15, 0.2) is 40.3 Å². The van der Waals surface area contributed by atoms with E-state index in [9.17, 15) is 4.79 Å². The standard InChI is InChI=1S/C39H41NO8S/c1-42-31-18-15-26(14-17-30(41)28-24-35(44-3)38(46-5)36(25-28)45-4)22-33(31)47-20-10-6-7-11-21-48-34-23-27(16-19-32(34)43-2)39-40-29-12-8-9-13-37(29)49-39/h8-9,12-19,22-25H,6-7,10-11,20-21H2,1-5H3. The maximum Gasteiger partial charge on any atom is 0.203 e. The summed E-state index contributed by atoms with van der Waals surface area (Å²) in [7, 11) is 7.80. The molecular weight excluding hydrogens is 642 g/mol. The Bertz CT molecular complexity index is 1840. The Morgan fingerprint density at radius 1 is 0.653 bits per heavy atom. The molecule has 1 heterocycles. The summed E-state index contributed by atoms with van der Waals surface area (Å²) >= 11 is 1.66. The van der Waals surface area contributed by atoms with Gasteiger partial charge in [-0.25, -0.2) is 4.98 Å². The Kier molecular flexibility index (Phi) is 12.4. The lowest BCUT2D eigenvalue weighted by Crippen LogP contribution is -2.02. The molecule has 49 heavy (non-hydrogen) atoms. The van der Waals surface area contributed by atoms with Gasteiger partial charge in [0, 0.05) is 11.1 Å². The van der Waals surface area contributed by atoms with Crippen LogP contribution in [-0.2, 0) is 0 Å². The van der Waals surface area contributed by atoms with Crippen molar-refractivity contribution in [1.82, 2.24) is 4.98 Å². The highest BCUT2D eigenvalue weighted by Gasteiger charge is 2.16. The van der Waals surface area contributed by atoms with Gasteiger partial charge in [-0.1, -0.05) is 24.3 Å². The van der Waals surface area contributed by atoms with Crippen LogP contribution in [0.1, 0.15) is 41.6 Å². The highest BCUT2D eigenvalue weighted by Crippen LogP contribution is 2.39. The smallest absolute Gasteiger partial charge is 0.203 e. The summed E-state index contributed by atoms with van der Waals surface area (Å²) in [5.41, 5.74) is 3.22. The number of rotatable bonds is 18. The minimum atomic E-state index is -0.208. The van der Waals surface area contributed by atoms with Gasteiger partial charge in [0.25, 0.3) is 0 Å². The van der Waals surface area contributed by atoms with Crippen molar-refractivity contribution in [3.8, 4) is 50.8 Å². The molecule has 0 aliphatic heterocycles. The summed E-state index contributed by atoms with van der Waals surface area (Å²) < 4.78 is 40.5. The van der Waals surface area contributed by atoms with Gasteiger partial charge in [0.1, 0.15) is 5.01 Å². The molecular formula is C39H41NO8S. The molecule has 1 aromatic heterocycles. The molecule has 4 aromatic carbocycles. The largest absolute Gasteiger partial charge is 0.493 e. The highest BCUT2D eigenvalue weighted by molar-refractivity contribution is 7.21. The first-order chi connectivity index (χ1) is 24.0. The molecule has 5 aromatic rings. The summed E-state index contributed by atoms with van der Waals surface area (Å²) in [5.74, 6) is 3.72. The van der Waals surface area contributed by atoms with Gasteiger partial charge in [-0.2, -0.15) is 0 Å². The normalized spacial score (nSPS) is 11.0. The lowest BCUT2D eigenvalue weighted by Gasteiger charge is -2.13. The summed E-state index contributed by atoms with van der Waals surface area (Å²) in [5, 5.41) is 0.955. The van der Waals surface area contributed by atoms with E-state index in [1.54, 1.807) is 43.8 Å². The number of aromatic nitrogens is 1. The number of unbranched alkanes of at least 4 members (excludes halogenated alkanes) is 3. The first-order valence-electron chi connectivity index (χ1n) is 16.0. The maximum atomic E-state index is 13.0. The highest BCUT2D eigenvalue weighted by atomic mass is 32.1. The number of benzene rings is 4. The molecule has 0 amide bonds.